The molecule has 0 atom stereocenters. The van der Waals surface area contributed by atoms with Crippen molar-refractivity contribution in [2.45, 2.75) is 25.9 Å². The minimum Gasteiger partial charge on any atom is -0.380 e. The van der Waals surface area contributed by atoms with Gasteiger partial charge in [-0.3, -0.25) is 4.79 Å². The summed E-state index contributed by atoms with van der Waals surface area (Å²) in [7, 11) is 3.80. The first-order valence-corrected chi connectivity index (χ1v) is 11.1. The molecule has 9 nitrogen and oxygen atoms in total. The van der Waals surface area contributed by atoms with Gasteiger partial charge in [0.15, 0.2) is 11.6 Å². The minimum absolute atomic E-state index is 0.00863. The Hall–Kier alpha value is -3.24. The highest BCUT2D eigenvalue weighted by Crippen LogP contribution is 2.29. The van der Waals surface area contributed by atoms with Crippen molar-refractivity contribution >= 4 is 29.0 Å². The van der Waals surface area contributed by atoms with Crippen molar-refractivity contribution in [2.75, 3.05) is 55.9 Å². The maximum atomic E-state index is 14.4. The summed E-state index contributed by atoms with van der Waals surface area (Å²) in [4.78, 5) is 24.6. The molecule has 2 heterocycles. The van der Waals surface area contributed by atoms with E-state index in [1.807, 2.05) is 12.1 Å². The number of ether oxygens (including phenoxy) is 1. The van der Waals surface area contributed by atoms with Gasteiger partial charge in [0.05, 0.1) is 12.8 Å². The van der Waals surface area contributed by atoms with Crippen LogP contribution in [0, 0.1) is 5.82 Å². The molecule has 0 radical (unpaired) electrons. The van der Waals surface area contributed by atoms with Crippen molar-refractivity contribution in [3.63, 3.8) is 0 Å². The second kappa shape index (κ2) is 10.1. The minimum atomic E-state index is -0.603. The van der Waals surface area contributed by atoms with E-state index in [1.54, 1.807) is 7.11 Å². The predicted octanol–water partition coefficient (Wildman–Crippen LogP) is 2.59. The zero-order chi connectivity index (χ0) is 23.4. The molecule has 176 valence electrons. The Balaban J connectivity index is 1.54. The molecule has 1 fully saturated rings. The van der Waals surface area contributed by atoms with Crippen LogP contribution in [0.2, 0.25) is 0 Å². The molecule has 1 amide bonds. The van der Waals surface area contributed by atoms with Crippen molar-refractivity contribution in [1.82, 2.24) is 14.9 Å². The molecule has 0 bridgehead atoms. The smallest absolute Gasteiger partial charge is 0.246 e. The molecular weight excluding hydrogens is 425 g/mol. The number of nitrogens with one attached hydrogen (secondary N) is 2. The molecule has 4 rings (SSSR count). The second-order valence-electron chi connectivity index (χ2n) is 8.38. The zero-order valence-corrected chi connectivity index (χ0v) is 19.0. The maximum absolute atomic E-state index is 14.4. The molecule has 1 aliphatic carbocycles. The number of methoxy groups -OCH3 is 1. The molecule has 1 aromatic heterocycles. The number of hydrogen-bond acceptors (Lipinski definition) is 8. The van der Waals surface area contributed by atoms with Crippen molar-refractivity contribution in [3.8, 4) is 0 Å². The van der Waals surface area contributed by atoms with Gasteiger partial charge in [0.1, 0.15) is 0 Å². The number of aromatic nitrogens is 2. The number of carbonyl (C=O) groups is 1. The Labute approximate surface area is 192 Å². The van der Waals surface area contributed by atoms with E-state index in [1.165, 1.54) is 0 Å². The van der Waals surface area contributed by atoms with Gasteiger partial charge in [-0.2, -0.15) is 4.98 Å². The van der Waals surface area contributed by atoms with Gasteiger partial charge in [-0.05, 0) is 44.5 Å². The van der Waals surface area contributed by atoms with Crippen molar-refractivity contribution < 1.29 is 13.9 Å². The number of nitrogens with zero attached hydrogens (tertiary/aromatic N) is 4. The summed E-state index contributed by atoms with van der Waals surface area (Å²) in [5.41, 5.74) is 9.51. The van der Waals surface area contributed by atoms with Crippen LogP contribution in [0.1, 0.15) is 24.8 Å². The number of carbonyl (C=O) groups excluding carboxylic acids is 1. The van der Waals surface area contributed by atoms with E-state index in [4.69, 9.17) is 10.5 Å². The number of allylic oxidation sites excluding steroid dienone is 1. The Morgan fingerprint density at radius 1 is 1.21 bits per heavy atom. The number of likely N-dealkylation sites (N-methyl/N-ethyl adjacent to an activating group) is 1. The highest BCUT2D eigenvalue weighted by molar-refractivity contribution is 5.93. The average molecular weight is 456 g/mol. The fourth-order valence-electron chi connectivity index (χ4n) is 4.23. The highest BCUT2D eigenvalue weighted by Gasteiger charge is 2.21. The Kier molecular flexibility index (Phi) is 7.05. The molecule has 2 aromatic rings. The van der Waals surface area contributed by atoms with E-state index >= 15 is 0 Å². The summed E-state index contributed by atoms with van der Waals surface area (Å²) in [5.74, 6) is -0.841. The summed E-state index contributed by atoms with van der Waals surface area (Å²) >= 11 is 0. The van der Waals surface area contributed by atoms with Crippen LogP contribution in [0.15, 0.2) is 35.7 Å². The van der Waals surface area contributed by atoms with Crippen LogP contribution < -0.4 is 21.3 Å². The number of hydrogen-bond donors (Lipinski definition) is 3. The Morgan fingerprint density at radius 3 is 2.73 bits per heavy atom. The summed E-state index contributed by atoms with van der Waals surface area (Å²) in [5, 5.41) is 6.08. The standard InChI is InChI=1S/C23H30FN7O2/c1-30-8-10-31(11-9-30)20-7-6-16(12-15(20)14-33-2)27-23-26-13-18(24)22(29-23)28-19-5-3-4-17(19)21(25)32/h6-7,12-13H,3-5,8-11,14H2,1-2H3,(H2,25,32)(H2,26,27,28,29). The fraction of sp³-hybridized carbons (Fsp3) is 0.435. The number of primary amides is 1. The van der Waals surface area contributed by atoms with Gasteiger partial charge >= 0.3 is 0 Å². The number of amides is 1. The van der Waals surface area contributed by atoms with E-state index < -0.39 is 11.7 Å². The van der Waals surface area contributed by atoms with E-state index in [0.29, 0.717) is 30.7 Å². The molecule has 0 spiro atoms. The Morgan fingerprint density at radius 2 is 2.00 bits per heavy atom. The SMILES string of the molecule is COCc1cc(Nc2ncc(F)c(NC3=C(C(N)=O)CCC3)n2)ccc1N1CCN(C)CC1. The van der Waals surface area contributed by atoms with Gasteiger partial charge < -0.3 is 30.9 Å². The van der Waals surface area contributed by atoms with Crippen LogP contribution in [-0.2, 0) is 16.1 Å². The lowest BCUT2D eigenvalue weighted by Gasteiger charge is -2.35. The largest absolute Gasteiger partial charge is 0.380 e. The van der Waals surface area contributed by atoms with Gasteiger partial charge in [-0.15, -0.1) is 0 Å². The van der Waals surface area contributed by atoms with Gasteiger partial charge in [-0.25, -0.2) is 9.37 Å². The number of piperazine rings is 1. The van der Waals surface area contributed by atoms with E-state index in [-0.39, 0.29) is 11.8 Å². The molecule has 1 aromatic carbocycles. The first-order chi connectivity index (χ1) is 15.9. The Bertz CT molecular complexity index is 1050. The lowest BCUT2D eigenvalue weighted by Crippen LogP contribution is -2.44. The van der Waals surface area contributed by atoms with Crippen LogP contribution in [0.25, 0.3) is 0 Å². The normalized spacial score (nSPS) is 16.9. The quantitative estimate of drug-likeness (QED) is 0.557. The number of benzene rings is 1. The van der Waals surface area contributed by atoms with E-state index in [2.05, 4.69) is 43.5 Å². The van der Waals surface area contributed by atoms with Crippen molar-refractivity contribution in [3.05, 3.63) is 47.0 Å². The number of anilines is 4. The molecule has 0 unspecified atom stereocenters. The van der Waals surface area contributed by atoms with Crippen LogP contribution in [0.4, 0.5) is 27.5 Å². The van der Waals surface area contributed by atoms with Crippen LogP contribution in [0.3, 0.4) is 0 Å². The van der Waals surface area contributed by atoms with Crippen molar-refractivity contribution in [2.24, 2.45) is 5.73 Å². The first-order valence-electron chi connectivity index (χ1n) is 11.1. The molecule has 10 heteroatoms. The molecule has 1 aliphatic heterocycles. The van der Waals surface area contributed by atoms with Crippen molar-refractivity contribution in [1.29, 1.82) is 0 Å². The third-order valence-corrected chi connectivity index (χ3v) is 6.01. The summed E-state index contributed by atoms with van der Waals surface area (Å²) < 4.78 is 19.8. The lowest BCUT2D eigenvalue weighted by atomic mass is 10.1. The summed E-state index contributed by atoms with van der Waals surface area (Å²) in [6.45, 7) is 4.41. The maximum Gasteiger partial charge on any atom is 0.246 e. The van der Waals surface area contributed by atoms with Gasteiger partial charge in [0, 0.05) is 61.5 Å². The third-order valence-electron chi connectivity index (χ3n) is 6.01. The average Bonchev–Trinajstić information content (AvgIpc) is 3.26. The summed E-state index contributed by atoms with van der Waals surface area (Å²) in [6, 6.07) is 6.02. The number of rotatable bonds is 8. The predicted molar refractivity (Wildman–Crippen MR) is 126 cm³/mol. The van der Waals surface area contributed by atoms with Gasteiger partial charge in [-0.1, -0.05) is 0 Å². The third kappa shape index (κ3) is 5.40. The van der Waals surface area contributed by atoms with E-state index in [0.717, 1.165) is 55.7 Å². The molecule has 0 saturated carbocycles. The topological polar surface area (TPSA) is 109 Å². The molecule has 2 aliphatic rings. The lowest BCUT2D eigenvalue weighted by molar-refractivity contribution is -0.114. The molecular formula is C23H30FN7O2. The molecule has 1 saturated heterocycles. The fourth-order valence-corrected chi connectivity index (χ4v) is 4.23. The van der Waals surface area contributed by atoms with Crippen LogP contribution >= 0.6 is 0 Å². The van der Waals surface area contributed by atoms with Crippen LogP contribution in [-0.4, -0.2) is 61.1 Å². The molecule has 33 heavy (non-hydrogen) atoms. The van der Waals surface area contributed by atoms with Gasteiger partial charge in [0.25, 0.3) is 0 Å². The number of halogens is 1. The summed E-state index contributed by atoms with van der Waals surface area (Å²) in [6.07, 6.45) is 3.10. The highest BCUT2D eigenvalue weighted by atomic mass is 19.1. The van der Waals surface area contributed by atoms with Gasteiger partial charge in [0.2, 0.25) is 11.9 Å². The second-order valence-corrected chi connectivity index (χ2v) is 8.38. The van der Waals surface area contributed by atoms with E-state index in [9.17, 15) is 9.18 Å². The van der Waals surface area contributed by atoms with Crippen LogP contribution in [0.5, 0.6) is 0 Å². The zero-order valence-electron chi connectivity index (χ0n) is 19.0. The monoisotopic (exact) mass is 455 g/mol. The molecule has 4 N–H and O–H groups in total. The first kappa shape index (κ1) is 22.9. The number of nitrogens with two attached hydrogens (primary N) is 1.